The van der Waals surface area contributed by atoms with Gasteiger partial charge in [0.2, 0.25) is 0 Å². The number of amides is 1. The molecule has 10 heteroatoms. The fourth-order valence-corrected chi connectivity index (χ4v) is 6.26. The summed E-state index contributed by atoms with van der Waals surface area (Å²) >= 11 is 0. The lowest BCUT2D eigenvalue weighted by atomic mass is 10.00. The Bertz CT molecular complexity index is 1590. The highest BCUT2D eigenvalue weighted by molar-refractivity contribution is 6.07. The van der Waals surface area contributed by atoms with E-state index >= 15 is 0 Å². The second-order valence-electron chi connectivity index (χ2n) is 11.0. The Kier molecular flexibility index (Phi) is 6.27. The molecule has 0 aliphatic carbocycles. The summed E-state index contributed by atoms with van der Waals surface area (Å²) in [5.74, 6) is 0.859. The van der Waals surface area contributed by atoms with Crippen molar-refractivity contribution in [3.63, 3.8) is 0 Å². The van der Waals surface area contributed by atoms with Crippen LogP contribution in [0.25, 0.3) is 10.8 Å². The number of benzene rings is 2. The van der Waals surface area contributed by atoms with Crippen molar-refractivity contribution in [2.45, 2.75) is 44.9 Å². The number of aromatic hydroxyl groups is 1. The zero-order chi connectivity index (χ0) is 27.2. The molecule has 1 fully saturated rings. The lowest BCUT2D eigenvalue weighted by Gasteiger charge is -2.34. The Hall–Kier alpha value is -4.18. The minimum absolute atomic E-state index is 0.0842. The van der Waals surface area contributed by atoms with E-state index in [0.717, 1.165) is 59.6 Å². The highest BCUT2D eigenvalue weighted by atomic mass is 16.5. The molecular weight excluding hydrogens is 506 g/mol. The van der Waals surface area contributed by atoms with E-state index in [9.17, 15) is 9.90 Å². The number of hydrogen-bond acceptors (Lipinski definition) is 8. The van der Waals surface area contributed by atoms with Gasteiger partial charge in [-0.25, -0.2) is 4.98 Å². The molecule has 7 rings (SSSR count). The second kappa shape index (κ2) is 10.1. The molecule has 10 nitrogen and oxygen atoms in total. The van der Waals surface area contributed by atoms with Crippen molar-refractivity contribution in [3.05, 3.63) is 71.4 Å². The number of carbonyl (C=O) groups excluding carboxylic acids is 1. The van der Waals surface area contributed by atoms with Crippen LogP contribution < -0.4 is 9.64 Å². The highest BCUT2D eigenvalue weighted by Crippen LogP contribution is 2.33. The molecule has 1 amide bonds. The van der Waals surface area contributed by atoms with Gasteiger partial charge in [0.25, 0.3) is 5.91 Å². The second-order valence-corrected chi connectivity index (χ2v) is 11.0. The van der Waals surface area contributed by atoms with E-state index in [2.05, 4.69) is 26.4 Å². The maximum atomic E-state index is 13.8. The number of likely N-dealkylation sites (N-methyl/N-ethyl adjacent to an activating group) is 1. The summed E-state index contributed by atoms with van der Waals surface area (Å²) in [7, 11) is 2.13. The van der Waals surface area contributed by atoms with E-state index in [1.54, 1.807) is 12.1 Å². The van der Waals surface area contributed by atoms with Gasteiger partial charge in [0.05, 0.1) is 36.4 Å². The molecule has 3 aliphatic rings. The Balaban J connectivity index is 1.21. The number of hydrogen-bond donors (Lipinski definition) is 1. The molecule has 2 aromatic carbocycles. The van der Waals surface area contributed by atoms with Gasteiger partial charge in [0.15, 0.2) is 0 Å². The van der Waals surface area contributed by atoms with Crippen LogP contribution in [-0.2, 0) is 26.1 Å². The van der Waals surface area contributed by atoms with E-state index in [-0.39, 0.29) is 11.7 Å². The van der Waals surface area contributed by atoms with Gasteiger partial charge in [-0.1, -0.05) is 24.3 Å². The van der Waals surface area contributed by atoms with Gasteiger partial charge in [0, 0.05) is 37.4 Å². The standard InChI is InChI=1S/C30H33N7O3/c1-34-9-4-6-21(34)18-40-30-32-27-17-36(29(39)26-14-23(38)13-20-5-2-3-7-24(20)26)10-8-25(27)28(33-30)35-11-12-37-19-31-15-22(37)16-35/h2-3,5,7,13-15,19,21,38H,4,6,8-12,16-18H2,1H3/t21-/m0/s1. The molecule has 0 radical (unpaired) electrons. The van der Waals surface area contributed by atoms with E-state index < -0.39 is 0 Å². The lowest BCUT2D eigenvalue weighted by Crippen LogP contribution is -2.39. The van der Waals surface area contributed by atoms with Crippen LogP contribution in [0, 0.1) is 0 Å². The normalized spacial score (nSPS) is 19.1. The zero-order valence-corrected chi connectivity index (χ0v) is 22.7. The van der Waals surface area contributed by atoms with Crippen LogP contribution in [0.3, 0.4) is 0 Å². The maximum absolute atomic E-state index is 13.8. The third-order valence-corrected chi connectivity index (χ3v) is 8.53. The molecule has 206 valence electrons. The van der Waals surface area contributed by atoms with Crippen molar-refractivity contribution in [2.24, 2.45) is 0 Å². The van der Waals surface area contributed by atoms with Gasteiger partial charge in [0.1, 0.15) is 18.2 Å². The van der Waals surface area contributed by atoms with Crippen LogP contribution in [0.4, 0.5) is 5.82 Å². The van der Waals surface area contributed by atoms with Gasteiger partial charge >= 0.3 is 6.01 Å². The predicted octanol–water partition coefficient (Wildman–Crippen LogP) is 3.22. The molecule has 1 saturated heterocycles. The molecule has 1 N–H and O–H groups in total. The minimum Gasteiger partial charge on any atom is -0.508 e. The number of phenols is 1. The quantitative estimate of drug-likeness (QED) is 0.413. The van der Waals surface area contributed by atoms with E-state index in [4.69, 9.17) is 14.7 Å². The molecule has 4 aromatic rings. The van der Waals surface area contributed by atoms with Crippen LogP contribution in [0.1, 0.15) is 40.2 Å². The van der Waals surface area contributed by atoms with Gasteiger partial charge in [-0.3, -0.25) is 4.79 Å². The van der Waals surface area contributed by atoms with Crippen LogP contribution in [0.5, 0.6) is 11.8 Å². The van der Waals surface area contributed by atoms with Crippen LogP contribution in [0.2, 0.25) is 0 Å². The summed E-state index contributed by atoms with van der Waals surface area (Å²) < 4.78 is 8.40. The summed E-state index contributed by atoms with van der Waals surface area (Å²) in [5, 5.41) is 12.0. The van der Waals surface area contributed by atoms with Crippen molar-refractivity contribution in [1.29, 1.82) is 0 Å². The average molecular weight is 540 g/mol. The fraction of sp³-hybridized carbons (Fsp3) is 0.400. The van der Waals surface area contributed by atoms with Gasteiger partial charge in [-0.05, 0) is 55.8 Å². The number of likely N-dealkylation sites (tertiary alicyclic amines) is 1. The van der Waals surface area contributed by atoms with Crippen molar-refractivity contribution < 1.29 is 14.6 Å². The molecule has 3 aliphatic heterocycles. The molecule has 0 unspecified atom stereocenters. The molecule has 5 heterocycles. The first kappa shape index (κ1) is 24.8. The van der Waals surface area contributed by atoms with Crippen LogP contribution in [0.15, 0.2) is 48.9 Å². The number of anilines is 1. The smallest absolute Gasteiger partial charge is 0.318 e. The highest BCUT2D eigenvalue weighted by Gasteiger charge is 2.31. The largest absolute Gasteiger partial charge is 0.508 e. The topological polar surface area (TPSA) is 99.9 Å². The third kappa shape index (κ3) is 4.52. The molecular formula is C30H33N7O3. The fourth-order valence-electron chi connectivity index (χ4n) is 6.26. The Labute approximate surface area is 232 Å². The van der Waals surface area contributed by atoms with Gasteiger partial charge in [-0.2, -0.15) is 9.97 Å². The summed E-state index contributed by atoms with van der Waals surface area (Å²) in [4.78, 5) is 34.3. The minimum atomic E-state index is -0.116. The van der Waals surface area contributed by atoms with E-state index in [0.29, 0.717) is 50.3 Å². The lowest BCUT2D eigenvalue weighted by molar-refractivity contribution is 0.0732. The zero-order valence-electron chi connectivity index (χ0n) is 22.7. The van der Waals surface area contributed by atoms with Gasteiger partial charge in [-0.15, -0.1) is 0 Å². The Morgan fingerprint density at radius 1 is 1.10 bits per heavy atom. The Morgan fingerprint density at radius 2 is 2.00 bits per heavy atom. The first-order valence-electron chi connectivity index (χ1n) is 14.0. The first-order valence-corrected chi connectivity index (χ1v) is 14.0. The SMILES string of the molecule is CN1CCC[C@H]1COc1nc2c(c(N3CCn4cncc4C3)n1)CCN(C(=O)c1cc(O)cc3ccccc13)C2. The summed E-state index contributed by atoms with van der Waals surface area (Å²) in [6.07, 6.45) is 6.71. The number of imidazole rings is 1. The van der Waals surface area contributed by atoms with Crippen molar-refractivity contribution in [1.82, 2.24) is 29.3 Å². The van der Waals surface area contributed by atoms with Crippen LogP contribution >= 0.6 is 0 Å². The monoisotopic (exact) mass is 539 g/mol. The van der Waals surface area contributed by atoms with Crippen molar-refractivity contribution in [3.8, 4) is 11.8 Å². The average Bonchev–Trinajstić information content (AvgIpc) is 3.62. The van der Waals surface area contributed by atoms with Gasteiger partial charge < -0.3 is 29.1 Å². The molecule has 0 bridgehead atoms. The molecule has 2 aromatic heterocycles. The number of rotatable bonds is 5. The molecule has 1 atom stereocenters. The van der Waals surface area contributed by atoms with Crippen molar-refractivity contribution in [2.75, 3.05) is 38.2 Å². The number of nitrogens with zero attached hydrogens (tertiary/aromatic N) is 7. The summed E-state index contributed by atoms with van der Waals surface area (Å²) in [5.41, 5.74) is 3.54. The van der Waals surface area contributed by atoms with Crippen LogP contribution in [-0.4, -0.2) is 79.7 Å². The Morgan fingerprint density at radius 3 is 2.88 bits per heavy atom. The number of fused-ring (bicyclic) bond motifs is 3. The molecule has 0 spiro atoms. The number of aromatic nitrogens is 4. The van der Waals surface area contributed by atoms with Crippen molar-refractivity contribution >= 4 is 22.5 Å². The number of carbonyl (C=O) groups is 1. The predicted molar refractivity (Wildman–Crippen MR) is 151 cm³/mol. The third-order valence-electron chi connectivity index (χ3n) is 8.53. The van der Waals surface area contributed by atoms with E-state index in [1.807, 2.05) is 41.7 Å². The van der Waals surface area contributed by atoms with E-state index in [1.165, 1.54) is 6.42 Å². The maximum Gasteiger partial charge on any atom is 0.318 e. The summed E-state index contributed by atoms with van der Waals surface area (Å²) in [6, 6.07) is 11.6. The first-order chi connectivity index (χ1) is 19.5. The number of phenolic OH excluding ortho intramolecular Hbond substituents is 1. The molecule has 0 saturated carbocycles. The molecule has 40 heavy (non-hydrogen) atoms. The number of ether oxygens (including phenoxy) is 1. The summed E-state index contributed by atoms with van der Waals surface area (Å²) in [6.45, 7) is 4.89.